The fraction of sp³-hybridized carbons (Fsp3) is 0.500. The number of hydrogen-bond acceptors (Lipinski definition) is 2. The first kappa shape index (κ1) is 12.1. The highest BCUT2D eigenvalue weighted by molar-refractivity contribution is 5.92. The fourth-order valence-electron chi connectivity index (χ4n) is 2.01. The Hall–Kier alpha value is -1.35. The van der Waals surface area contributed by atoms with Gasteiger partial charge in [0, 0.05) is 5.69 Å². The summed E-state index contributed by atoms with van der Waals surface area (Å²) in [6.07, 6.45) is 1.26. The Labute approximate surface area is 103 Å². The summed E-state index contributed by atoms with van der Waals surface area (Å²) in [7, 11) is 0. The zero-order valence-electron chi connectivity index (χ0n) is 10.5. The van der Waals surface area contributed by atoms with Gasteiger partial charge in [0.25, 0.3) is 0 Å². The Morgan fingerprint density at radius 2 is 2.00 bits per heavy atom. The van der Waals surface area contributed by atoms with E-state index in [0.717, 1.165) is 18.2 Å². The number of nitrogens with one attached hydrogen (secondary N) is 2. The molecule has 0 heterocycles. The molecule has 1 aromatic rings. The number of para-hydroxylation sites is 1. The normalized spacial score (nSPS) is 20.9. The highest BCUT2D eigenvalue weighted by Crippen LogP contribution is 2.50. The molecule has 1 aromatic carbocycles. The van der Waals surface area contributed by atoms with Gasteiger partial charge in [-0.1, -0.05) is 32.0 Å². The van der Waals surface area contributed by atoms with Crippen molar-refractivity contribution in [2.24, 2.45) is 11.3 Å². The maximum absolute atomic E-state index is 11.6. The summed E-state index contributed by atoms with van der Waals surface area (Å²) in [4.78, 5) is 11.6. The molecule has 17 heavy (non-hydrogen) atoms. The molecular formula is C14H20N2O. The topological polar surface area (TPSA) is 41.1 Å². The van der Waals surface area contributed by atoms with E-state index in [1.165, 1.54) is 6.42 Å². The van der Waals surface area contributed by atoms with Crippen LogP contribution in [0.25, 0.3) is 0 Å². The van der Waals surface area contributed by atoms with Crippen LogP contribution in [0.4, 0.5) is 5.69 Å². The molecule has 1 fully saturated rings. The minimum Gasteiger partial charge on any atom is -0.325 e. The van der Waals surface area contributed by atoms with Gasteiger partial charge in [0.05, 0.1) is 6.54 Å². The first-order chi connectivity index (χ1) is 8.08. The molecule has 1 aliphatic carbocycles. The molecule has 0 bridgehead atoms. The number of anilines is 1. The highest BCUT2D eigenvalue weighted by Gasteiger charge is 2.44. The van der Waals surface area contributed by atoms with E-state index < -0.39 is 0 Å². The van der Waals surface area contributed by atoms with Crippen molar-refractivity contribution in [1.82, 2.24) is 5.32 Å². The van der Waals surface area contributed by atoms with E-state index in [2.05, 4.69) is 24.5 Å². The van der Waals surface area contributed by atoms with Gasteiger partial charge in [-0.3, -0.25) is 4.79 Å². The average molecular weight is 232 g/mol. The van der Waals surface area contributed by atoms with Crippen molar-refractivity contribution in [1.29, 1.82) is 0 Å². The Morgan fingerprint density at radius 3 is 2.59 bits per heavy atom. The second-order valence-electron chi connectivity index (χ2n) is 5.43. The van der Waals surface area contributed by atoms with Crippen molar-refractivity contribution in [3.63, 3.8) is 0 Å². The molecule has 0 spiro atoms. The van der Waals surface area contributed by atoms with Crippen LogP contribution in [0.15, 0.2) is 30.3 Å². The average Bonchev–Trinajstić information content (AvgIpc) is 2.88. The summed E-state index contributed by atoms with van der Waals surface area (Å²) in [5.74, 6) is 0.752. The van der Waals surface area contributed by atoms with E-state index in [-0.39, 0.29) is 5.91 Å². The molecule has 3 nitrogen and oxygen atoms in total. The number of benzene rings is 1. The first-order valence-electron chi connectivity index (χ1n) is 6.13. The SMILES string of the molecule is CC1(C)CC1CNCC(=O)Nc1ccccc1. The van der Waals surface area contributed by atoms with Crippen LogP contribution in [0.1, 0.15) is 20.3 Å². The van der Waals surface area contributed by atoms with E-state index in [1.54, 1.807) is 0 Å². The molecule has 2 rings (SSSR count). The Morgan fingerprint density at radius 1 is 1.35 bits per heavy atom. The maximum Gasteiger partial charge on any atom is 0.238 e. The zero-order valence-corrected chi connectivity index (χ0v) is 10.5. The standard InChI is InChI=1S/C14H20N2O/c1-14(2)8-11(14)9-15-10-13(17)16-12-6-4-3-5-7-12/h3-7,11,15H,8-10H2,1-2H3,(H,16,17). The lowest BCUT2D eigenvalue weighted by molar-refractivity contribution is -0.115. The second-order valence-corrected chi connectivity index (χ2v) is 5.43. The Bertz CT molecular complexity index is 386. The summed E-state index contributed by atoms with van der Waals surface area (Å²) >= 11 is 0. The van der Waals surface area contributed by atoms with Gasteiger partial charge in [0.2, 0.25) is 5.91 Å². The lowest BCUT2D eigenvalue weighted by Gasteiger charge is -2.07. The van der Waals surface area contributed by atoms with Crippen LogP contribution in [-0.4, -0.2) is 19.0 Å². The molecule has 2 N–H and O–H groups in total. The first-order valence-corrected chi connectivity index (χ1v) is 6.13. The third kappa shape index (κ3) is 3.56. The molecule has 0 radical (unpaired) electrons. The van der Waals surface area contributed by atoms with Crippen LogP contribution in [0.2, 0.25) is 0 Å². The molecule has 1 unspecified atom stereocenters. The van der Waals surface area contributed by atoms with Gasteiger partial charge in [0.1, 0.15) is 0 Å². The monoisotopic (exact) mass is 232 g/mol. The summed E-state index contributed by atoms with van der Waals surface area (Å²) in [5, 5.41) is 6.07. The molecule has 0 saturated heterocycles. The summed E-state index contributed by atoms with van der Waals surface area (Å²) < 4.78 is 0. The third-order valence-corrected chi connectivity index (χ3v) is 3.45. The van der Waals surface area contributed by atoms with Crippen LogP contribution in [0.5, 0.6) is 0 Å². The van der Waals surface area contributed by atoms with Crippen LogP contribution < -0.4 is 10.6 Å². The molecule has 1 aliphatic rings. The minimum atomic E-state index is 0.0228. The maximum atomic E-state index is 11.6. The van der Waals surface area contributed by atoms with E-state index in [4.69, 9.17) is 0 Å². The number of carbonyl (C=O) groups excluding carboxylic acids is 1. The van der Waals surface area contributed by atoms with Gasteiger partial charge in [-0.2, -0.15) is 0 Å². The lowest BCUT2D eigenvalue weighted by atomic mass is 10.1. The number of hydrogen-bond donors (Lipinski definition) is 2. The van der Waals surface area contributed by atoms with E-state index in [9.17, 15) is 4.79 Å². The molecular weight excluding hydrogens is 212 g/mol. The largest absolute Gasteiger partial charge is 0.325 e. The highest BCUT2D eigenvalue weighted by atomic mass is 16.1. The second kappa shape index (κ2) is 4.88. The van der Waals surface area contributed by atoms with Crippen LogP contribution in [0, 0.1) is 11.3 Å². The lowest BCUT2D eigenvalue weighted by Crippen LogP contribution is -2.30. The van der Waals surface area contributed by atoms with Gasteiger partial charge in [0.15, 0.2) is 0 Å². The van der Waals surface area contributed by atoms with Crippen molar-refractivity contribution in [2.45, 2.75) is 20.3 Å². The van der Waals surface area contributed by atoms with Crippen molar-refractivity contribution in [2.75, 3.05) is 18.4 Å². The predicted octanol–water partition coefficient (Wildman–Crippen LogP) is 2.26. The van der Waals surface area contributed by atoms with Crippen LogP contribution in [0.3, 0.4) is 0 Å². The molecule has 1 atom stereocenters. The van der Waals surface area contributed by atoms with E-state index >= 15 is 0 Å². The van der Waals surface area contributed by atoms with Crippen LogP contribution >= 0.6 is 0 Å². The number of rotatable bonds is 5. The fourth-order valence-corrected chi connectivity index (χ4v) is 2.01. The summed E-state index contributed by atoms with van der Waals surface area (Å²) in [5.41, 5.74) is 1.33. The summed E-state index contributed by atoms with van der Waals surface area (Å²) in [6.45, 7) is 5.86. The molecule has 3 heteroatoms. The van der Waals surface area contributed by atoms with Gasteiger partial charge in [-0.25, -0.2) is 0 Å². The molecule has 92 valence electrons. The smallest absolute Gasteiger partial charge is 0.238 e. The molecule has 1 amide bonds. The predicted molar refractivity (Wildman–Crippen MR) is 69.8 cm³/mol. The number of carbonyl (C=O) groups is 1. The van der Waals surface area contributed by atoms with E-state index in [0.29, 0.717) is 12.0 Å². The Kier molecular flexibility index (Phi) is 3.48. The van der Waals surface area contributed by atoms with Crippen molar-refractivity contribution >= 4 is 11.6 Å². The van der Waals surface area contributed by atoms with Crippen molar-refractivity contribution in [3.05, 3.63) is 30.3 Å². The molecule has 0 aliphatic heterocycles. The minimum absolute atomic E-state index is 0.0228. The quantitative estimate of drug-likeness (QED) is 0.817. The van der Waals surface area contributed by atoms with Gasteiger partial charge in [-0.15, -0.1) is 0 Å². The molecule has 1 saturated carbocycles. The summed E-state index contributed by atoms with van der Waals surface area (Å²) in [6, 6.07) is 9.54. The van der Waals surface area contributed by atoms with E-state index in [1.807, 2.05) is 30.3 Å². The van der Waals surface area contributed by atoms with Gasteiger partial charge >= 0.3 is 0 Å². The third-order valence-electron chi connectivity index (χ3n) is 3.45. The number of amides is 1. The molecule has 0 aromatic heterocycles. The van der Waals surface area contributed by atoms with Gasteiger partial charge < -0.3 is 10.6 Å². The zero-order chi connectivity index (χ0) is 12.3. The van der Waals surface area contributed by atoms with Crippen LogP contribution in [-0.2, 0) is 4.79 Å². The van der Waals surface area contributed by atoms with Gasteiger partial charge in [-0.05, 0) is 36.4 Å². The van der Waals surface area contributed by atoms with Crippen molar-refractivity contribution in [3.8, 4) is 0 Å². The van der Waals surface area contributed by atoms with Crippen molar-refractivity contribution < 1.29 is 4.79 Å². The Balaban J connectivity index is 1.65.